The third-order valence-electron chi connectivity index (χ3n) is 4.01. The molecule has 0 radical (unpaired) electrons. The maximum atomic E-state index is 12.4. The van der Waals surface area contributed by atoms with E-state index in [9.17, 15) is 4.79 Å². The van der Waals surface area contributed by atoms with Crippen LogP contribution < -0.4 is 15.0 Å². The molecule has 1 aromatic carbocycles. The fourth-order valence-corrected chi connectivity index (χ4v) is 2.77. The van der Waals surface area contributed by atoms with E-state index >= 15 is 0 Å². The normalized spacial score (nSPS) is 14.3. The molecule has 2 heterocycles. The average molecular weight is 341 g/mol. The minimum Gasteiger partial charge on any atom is -0.478 e. The highest BCUT2D eigenvalue weighted by Crippen LogP contribution is 2.19. The number of hydrogen-bond acceptors (Lipinski definition) is 5. The third-order valence-corrected chi connectivity index (χ3v) is 4.01. The van der Waals surface area contributed by atoms with Crippen molar-refractivity contribution in [3.05, 3.63) is 42.2 Å². The number of carbonyl (C=O) groups is 1. The summed E-state index contributed by atoms with van der Waals surface area (Å²) in [6.45, 7) is 7.10. The first-order chi connectivity index (χ1) is 12.2. The number of hydrogen-bond donors (Lipinski definition) is 1. The summed E-state index contributed by atoms with van der Waals surface area (Å²) >= 11 is 0. The van der Waals surface area contributed by atoms with Crippen molar-refractivity contribution in [2.45, 2.75) is 13.8 Å². The number of aromatic nitrogens is 2. The van der Waals surface area contributed by atoms with Gasteiger partial charge >= 0.3 is 6.03 Å². The molecule has 1 N–H and O–H groups in total. The first kappa shape index (κ1) is 17.0. The first-order valence-electron chi connectivity index (χ1n) is 8.50. The van der Waals surface area contributed by atoms with Crippen molar-refractivity contribution in [3.63, 3.8) is 0 Å². The number of carbonyl (C=O) groups excluding carboxylic acids is 1. The number of para-hydroxylation sites is 1. The van der Waals surface area contributed by atoms with Crippen LogP contribution in [-0.4, -0.2) is 53.7 Å². The summed E-state index contributed by atoms with van der Waals surface area (Å²) in [5, 5.41) is 2.92. The summed E-state index contributed by atoms with van der Waals surface area (Å²) in [7, 11) is 0. The fourth-order valence-electron chi connectivity index (χ4n) is 2.77. The quantitative estimate of drug-likeness (QED) is 0.925. The highest BCUT2D eigenvalue weighted by Gasteiger charge is 2.22. The minimum atomic E-state index is -0.0697. The number of urea groups is 1. The molecule has 3 rings (SSSR count). The maximum absolute atomic E-state index is 12.4. The SMILES string of the molecule is CCOc1cc(N2CCN(C(=O)Nc3ccccc3)CC2)nc(C)n1. The number of anilines is 2. The zero-order valence-corrected chi connectivity index (χ0v) is 14.6. The molecular formula is C18H23N5O2. The van der Waals surface area contributed by atoms with Crippen LogP contribution in [0.3, 0.4) is 0 Å². The van der Waals surface area contributed by atoms with Gasteiger partial charge in [0.05, 0.1) is 6.61 Å². The predicted molar refractivity (Wildman–Crippen MR) is 97.2 cm³/mol. The molecule has 0 atom stereocenters. The van der Waals surface area contributed by atoms with E-state index in [4.69, 9.17) is 4.74 Å². The molecule has 1 aromatic heterocycles. The second-order valence-electron chi connectivity index (χ2n) is 5.81. The van der Waals surface area contributed by atoms with E-state index in [2.05, 4.69) is 20.2 Å². The van der Waals surface area contributed by atoms with E-state index in [-0.39, 0.29) is 6.03 Å². The van der Waals surface area contributed by atoms with Gasteiger partial charge in [-0.3, -0.25) is 0 Å². The molecule has 25 heavy (non-hydrogen) atoms. The Bertz CT molecular complexity index is 715. The lowest BCUT2D eigenvalue weighted by Gasteiger charge is -2.35. The first-order valence-corrected chi connectivity index (χ1v) is 8.50. The lowest BCUT2D eigenvalue weighted by Crippen LogP contribution is -2.50. The predicted octanol–water partition coefficient (Wildman–Crippen LogP) is 2.54. The summed E-state index contributed by atoms with van der Waals surface area (Å²) in [5.74, 6) is 2.12. The smallest absolute Gasteiger partial charge is 0.321 e. The number of nitrogens with one attached hydrogen (secondary N) is 1. The summed E-state index contributed by atoms with van der Waals surface area (Å²) in [5.41, 5.74) is 0.808. The molecule has 0 aliphatic carbocycles. The maximum Gasteiger partial charge on any atom is 0.321 e. The lowest BCUT2D eigenvalue weighted by atomic mass is 10.3. The molecule has 0 spiro atoms. The van der Waals surface area contributed by atoms with Crippen LogP contribution >= 0.6 is 0 Å². The van der Waals surface area contributed by atoms with Crippen molar-refractivity contribution >= 4 is 17.5 Å². The Kier molecular flexibility index (Phi) is 5.33. The van der Waals surface area contributed by atoms with Gasteiger partial charge in [0, 0.05) is 37.9 Å². The van der Waals surface area contributed by atoms with Gasteiger partial charge in [-0.05, 0) is 26.0 Å². The number of benzene rings is 1. The highest BCUT2D eigenvalue weighted by atomic mass is 16.5. The molecule has 7 nitrogen and oxygen atoms in total. The number of ether oxygens (including phenoxy) is 1. The van der Waals surface area contributed by atoms with E-state index in [0.717, 1.165) is 24.6 Å². The van der Waals surface area contributed by atoms with Gasteiger partial charge in [0.2, 0.25) is 5.88 Å². The zero-order valence-electron chi connectivity index (χ0n) is 14.6. The summed E-state index contributed by atoms with van der Waals surface area (Å²) < 4.78 is 5.49. The van der Waals surface area contributed by atoms with Crippen molar-refractivity contribution in [2.75, 3.05) is 43.0 Å². The third kappa shape index (κ3) is 4.37. The van der Waals surface area contributed by atoms with Crippen molar-refractivity contribution in [1.29, 1.82) is 0 Å². The van der Waals surface area contributed by atoms with Gasteiger partial charge in [0.25, 0.3) is 0 Å². The molecule has 1 aliphatic rings. The fraction of sp³-hybridized carbons (Fsp3) is 0.389. The molecule has 1 aliphatic heterocycles. The van der Waals surface area contributed by atoms with Gasteiger partial charge < -0.3 is 19.9 Å². The van der Waals surface area contributed by atoms with Crippen molar-refractivity contribution in [1.82, 2.24) is 14.9 Å². The summed E-state index contributed by atoms with van der Waals surface area (Å²) in [6, 6.07) is 11.3. The molecule has 2 amide bonds. The van der Waals surface area contributed by atoms with Crippen LogP contribution in [0, 0.1) is 6.92 Å². The van der Waals surface area contributed by atoms with Crippen LogP contribution in [0.1, 0.15) is 12.7 Å². The van der Waals surface area contributed by atoms with E-state index in [1.165, 1.54) is 0 Å². The van der Waals surface area contributed by atoms with Gasteiger partial charge in [0.15, 0.2) is 0 Å². The standard InChI is InChI=1S/C18H23N5O2/c1-3-25-17-13-16(19-14(2)20-17)22-9-11-23(12-10-22)18(24)21-15-7-5-4-6-8-15/h4-8,13H,3,9-12H2,1-2H3,(H,21,24). The van der Waals surface area contributed by atoms with Crippen LogP contribution in [0.4, 0.5) is 16.3 Å². The second kappa shape index (κ2) is 7.83. The Morgan fingerprint density at radius 1 is 1.16 bits per heavy atom. The molecule has 132 valence electrons. The van der Waals surface area contributed by atoms with Gasteiger partial charge in [-0.15, -0.1) is 0 Å². The number of rotatable bonds is 4. The number of amides is 2. The van der Waals surface area contributed by atoms with E-state index in [1.807, 2.05) is 55.1 Å². The van der Waals surface area contributed by atoms with E-state index in [1.54, 1.807) is 0 Å². The Labute approximate surface area is 147 Å². The molecule has 0 saturated carbocycles. The Morgan fingerprint density at radius 3 is 2.56 bits per heavy atom. The molecule has 0 bridgehead atoms. The molecule has 2 aromatic rings. The Balaban J connectivity index is 1.59. The van der Waals surface area contributed by atoms with Crippen LogP contribution in [0.2, 0.25) is 0 Å². The van der Waals surface area contributed by atoms with Crippen LogP contribution in [0.25, 0.3) is 0 Å². The highest BCUT2D eigenvalue weighted by molar-refractivity contribution is 5.89. The van der Waals surface area contributed by atoms with Gasteiger partial charge in [-0.25, -0.2) is 9.78 Å². The van der Waals surface area contributed by atoms with E-state index in [0.29, 0.717) is 31.4 Å². The number of nitrogens with zero attached hydrogens (tertiary/aromatic N) is 4. The molecule has 1 saturated heterocycles. The monoisotopic (exact) mass is 341 g/mol. The van der Waals surface area contributed by atoms with Crippen LogP contribution in [0.15, 0.2) is 36.4 Å². The molecule has 1 fully saturated rings. The molecule has 0 unspecified atom stereocenters. The van der Waals surface area contributed by atoms with Gasteiger partial charge in [-0.1, -0.05) is 18.2 Å². The number of aryl methyl sites for hydroxylation is 1. The van der Waals surface area contributed by atoms with Crippen LogP contribution in [0.5, 0.6) is 5.88 Å². The minimum absolute atomic E-state index is 0.0697. The van der Waals surface area contributed by atoms with E-state index < -0.39 is 0 Å². The van der Waals surface area contributed by atoms with Crippen molar-refractivity contribution in [3.8, 4) is 5.88 Å². The lowest BCUT2D eigenvalue weighted by molar-refractivity contribution is 0.208. The topological polar surface area (TPSA) is 70.6 Å². The number of piperazine rings is 1. The van der Waals surface area contributed by atoms with Gasteiger partial charge in [0.1, 0.15) is 11.6 Å². The second-order valence-corrected chi connectivity index (χ2v) is 5.81. The summed E-state index contributed by atoms with van der Waals surface area (Å²) in [6.07, 6.45) is 0. The van der Waals surface area contributed by atoms with Crippen molar-refractivity contribution in [2.24, 2.45) is 0 Å². The molecular weight excluding hydrogens is 318 g/mol. The largest absolute Gasteiger partial charge is 0.478 e. The Morgan fingerprint density at radius 2 is 1.88 bits per heavy atom. The van der Waals surface area contributed by atoms with Gasteiger partial charge in [-0.2, -0.15) is 4.98 Å². The van der Waals surface area contributed by atoms with Crippen LogP contribution in [-0.2, 0) is 0 Å². The molecule has 7 heteroatoms. The Hall–Kier alpha value is -2.83. The van der Waals surface area contributed by atoms with Crippen molar-refractivity contribution < 1.29 is 9.53 Å². The summed E-state index contributed by atoms with van der Waals surface area (Å²) in [4.78, 5) is 25.1. The zero-order chi connectivity index (χ0) is 17.6. The average Bonchev–Trinajstić information content (AvgIpc) is 2.62.